The molecule has 2 nitrogen and oxygen atoms in total. The van der Waals surface area contributed by atoms with Crippen LogP contribution in [0.5, 0.6) is 0 Å². The number of rotatable bonds is 1. The van der Waals surface area contributed by atoms with Gasteiger partial charge in [-0.25, -0.2) is 0 Å². The first-order valence-corrected chi connectivity index (χ1v) is 9.95. The summed E-state index contributed by atoms with van der Waals surface area (Å²) in [7, 11) is 0. The molecule has 4 aliphatic rings. The largest absolute Gasteiger partial charge is 0.481 e. The minimum absolute atomic E-state index is 0.0276. The highest BCUT2D eigenvalue weighted by Crippen LogP contribution is 2.66. The van der Waals surface area contributed by atoms with E-state index in [9.17, 15) is 9.90 Å². The van der Waals surface area contributed by atoms with Gasteiger partial charge in [0.2, 0.25) is 0 Å². The second kappa shape index (κ2) is 5.21. The summed E-state index contributed by atoms with van der Waals surface area (Å²) in [6.07, 6.45) is 12.7. The molecule has 4 aliphatic carbocycles. The Kier molecular flexibility index (Phi) is 3.61. The summed E-state index contributed by atoms with van der Waals surface area (Å²) in [6, 6.07) is 0. The lowest BCUT2D eigenvalue weighted by molar-refractivity contribution is -0.148. The molecule has 1 N–H and O–H groups in total. The fourth-order valence-electron chi connectivity index (χ4n) is 6.70. The molecule has 0 radical (unpaired) electrons. The molecule has 0 aliphatic heterocycles. The summed E-state index contributed by atoms with van der Waals surface area (Å²) in [6.45, 7) is 4.75. The van der Waals surface area contributed by atoms with Crippen LogP contribution in [0.15, 0.2) is 22.2 Å². The van der Waals surface area contributed by atoms with E-state index in [-0.39, 0.29) is 11.3 Å². The highest BCUT2D eigenvalue weighted by Gasteiger charge is 2.59. The number of carboxylic acid groups (broad SMARTS) is 1. The van der Waals surface area contributed by atoms with Gasteiger partial charge in [0.05, 0.1) is 5.92 Å². The third-order valence-corrected chi connectivity index (χ3v) is 8.64. The van der Waals surface area contributed by atoms with Crippen LogP contribution in [0, 0.1) is 34.5 Å². The predicted octanol–water partition coefficient (Wildman–Crippen LogP) is 5.54. The van der Waals surface area contributed by atoms with Crippen LogP contribution < -0.4 is 0 Å². The molecule has 0 bridgehead atoms. The van der Waals surface area contributed by atoms with Crippen molar-refractivity contribution in [3.05, 3.63) is 22.2 Å². The van der Waals surface area contributed by atoms with Gasteiger partial charge in [0.15, 0.2) is 0 Å². The van der Waals surface area contributed by atoms with E-state index in [4.69, 9.17) is 0 Å². The van der Waals surface area contributed by atoms with Crippen molar-refractivity contribution >= 4 is 21.9 Å². The Hall–Kier alpha value is -0.570. The second-order valence-corrected chi connectivity index (χ2v) is 9.81. The summed E-state index contributed by atoms with van der Waals surface area (Å²) in [5.41, 5.74) is 1.87. The van der Waals surface area contributed by atoms with Crippen molar-refractivity contribution in [1.29, 1.82) is 0 Å². The van der Waals surface area contributed by atoms with E-state index in [0.717, 1.165) is 38.0 Å². The van der Waals surface area contributed by atoms with Gasteiger partial charge < -0.3 is 5.11 Å². The van der Waals surface area contributed by atoms with Crippen LogP contribution in [-0.2, 0) is 4.79 Å². The zero-order chi connectivity index (χ0) is 16.4. The summed E-state index contributed by atoms with van der Waals surface area (Å²) >= 11 is 3.69. The summed E-state index contributed by atoms with van der Waals surface area (Å²) < 4.78 is 1.34. The van der Waals surface area contributed by atoms with Gasteiger partial charge in [0, 0.05) is 0 Å². The van der Waals surface area contributed by atoms with E-state index in [0.29, 0.717) is 17.3 Å². The smallest absolute Gasteiger partial charge is 0.307 e. The first-order chi connectivity index (χ1) is 10.9. The van der Waals surface area contributed by atoms with Crippen molar-refractivity contribution in [2.45, 2.75) is 58.8 Å². The van der Waals surface area contributed by atoms with E-state index >= 15 is 0 Å². The summed E-state index contributed by atoms with van der Waals surface area (Å²) in [5.74, 6) is 1.36. The molecular formula is C20H27BrO2. The minimum atomic E-state index is -0.559. The van der Waals surface area contributed by atoms with Crippen LogP contribution in [-0.4, -0.2) is 11.1 Å². The van der Waals surface area contributed by atoms with Gasteiger partial charge in [-0.1, -0.05) is 35.9 Å². The SMILES string of the molecule is C[C@]12CC[C@H]3[C@@H](CC=C4C=C(Br)CC[C@@]43C)[C@@H]1CC[C@@H]2C(=O)O. The van der Waals surface area contributed by atoms with E-state index in [1.54, 1.807) is 0 Å². The molecule has 0 aromatic carbocycles. The number of hydrogen-bond acceptors (Lipinski definition) is 1. The molecule has 0 heterocycles. The molecule has 126 valence electrons. The van der Waals surface area contributed by atoms with E-state index in [1.165, 1.54) is 22.9 Å². The number of fused-ring (bicyclic) bond motifs is 5. The van der Waals surface area contributed by atoms with Crippen molar-refractivity contribution in [2.24, 2.45) is 34.5 Å². The van der Waals surface area contributed by atoms with Crippen LogP contribution in [0.3, 0.4) is 0 Å². The van der Waals surface area contributed by atoms with E-state index in [2.05, 4.69) is 41.9 Å². The zero-order valence-electron chi connectivity index (χ0n) is 14.1. The first kappa shape index (κ1) is 15.9. The number of carbonyl (C=O) groups is 1. The van der Waals surface area contributed by atoms with Crippen molar-refractivity contribution in [3.8, 4) is 0 Å². The van der Waals surface area contributed by atoms with Crippen LogP contribution in [0.4, 0.5) is 0 Å². The van der Waals surface area contributed by atoms with E-state index < -0.39 is 5.97 Å². The van der Waals surface area contributed by atoms with E-state index in [1.807, 2.05) is 0 Å². The highest BCUT2D eigenvalue weighted by atomic mass is 79.9. The maximum absolute atomic E-state index is 11.7. The Balaban J connectivity index is 1.69. The maximum Gasteiger partial charge on any atom is 0.307 e. The quantitative estimate of drug-likeness (QED) is 0.650. The highest BCUT2D eigenvalue weighted by molar-refractivity contribution is 9.11. The molecule has 2 saturated carbocycles. The van der Waals surface area contributed by atoms with Gasteiger partial charge in [0.25, 0.3) is 0 Å². The fourth-order valence-corrected chi connectivity index (χ4v) is 7.14. The van der Waals surface area contributed by atoms with Crippen molar-refractivity contribution < 1.29 is 9.90 Å². The summed E-state index contributed by atoms with van der Waals surface area (Å²) in [5, 5.41) is 9.66. The van der Waals surface area contributed by atoms with Crippen molar-refractivity contribution in [1.82, 2.24) is 0 Å². The number of aliphatic carboxylic acids is 1. The van der Waals surface area contributed by atoms with Crippen LogP contribution in [0.1, 0.15) is 58.8 Å². The van der Waals surface area contributed by atoms with Gasteiger partial charge in [0.1, 0.15) is 0 Å². The number of hydrogen-bond donors (Lipinski definition) is 1. The van der Waals surface area contributed by atoms with Crippen LogP contribution in [0.25, 0.3) is 0 Å². The topological polar surface area (TPSA) is 37.3 Å². The van der Waals surface area contributed by atoms with Crippen LogP contribution >= 0.6 is 15.9 Å². The molecule has 0 aromatic heterocycles. The molecule has 0 aromatic rings. The van der Waals surface area contributed by atoms with Gasteiger partial charge in [-0.3, -0.25) is 4.79 Å². The first-order valence-electron chi connectivity index (χ1n) is 9.16. The number of halogens is 1. The normalized spacial score (nSPS) is 48.7. The third-order valence-electron chi connectivity index (χ3n) is 8.02. The monoisotopic (exact) mass is 378 g/mol. The molecule has 0 unspecified atom stereocenters. The molecule has 6 atom stereocenters. The van der Waals surface area contributed by atoms with Crippen LogP contribution in [0.2, 0.25) is 0 Å². The van der Waals surface area contributed by atoms with Gasteiger partial charge >= 0.3 is 5.97 Å². The zero-order valence-corrected chi connectivity index (χ0v) is 15.7. The fraction of sp³-hybridized carbons (Fsp3) is 0.750. The molecule has 2 fully saturated rings. The summed E-state index contributed by atoms with van der Waals surface area (Å²) in [4.78, 5) is 11.7. The molecule has 0 saturated heterocycles. The Morgan fingerprint density at radius 1 is 1.22 bits per heavy atom. The van der Waals surface area contributed by atoms with Gasteiger partial charge in [-0.05, 0) is 89.7 Å². The average molecular weight is 379 g/mol. The molecule has 0 spiro atoms. The molecule has 4 rings (SSSR count). The number of carboxylic acids is 1. The maximum atomic E-state index is 11.7. The van der Waals surface area contributed by atoms with Gasteiger partial charge in [-0.2, -0.15) is 0 Å². The third kappa shape index (κ3) is 2.14. The predicted molar refractivity (Wildman–Crippen MR) is 95.2 cm³/mol. The van der Waals surface area contributed by atoms with Crippen molar-refractivity contribution in [3.63, 3.8) is 0 Å². The molecule has 0 amide bonds. The Labute approximate surface area is 147 Å². The average Bonchev–Trinajstić information content (AvgIpc) is 2.85. The minimum Gasteiger partial charge on any atom is -0.481 e. The second-order valence-electron chi connectivity index (χ2n) is 8.79. The molecule has 3 heteroatoms. The Bertz CT molecular complexity index is 607. The number of allylic oxidation sites excluding steroid dienone is 4. The standard InChI is InChI=1S/C20H27BrO2/c1-19-9-7-13(21)11-12(19)3-4-14-15-5-6-17(18(22)23)20(15,2)10-8-16(14)19/h3,11,14-17H,4-10H2,1-2H3,(H,22,23)/t14-,15-,16-,17+,19-,20-/m0/s1. The molecular weight excluding hydrogens is 352 g/mol. The lowest BCUT2D eigenvalue weighted by atomic mass is 9.48. The lowest BCUT2D eigenvalue weighted by Gasteiger charge is -2.56. The lowest BCUT2D eigenvalue weighted by Crippen LogP contribution is -2.49. The van der Waals surface area contributed by atoms with Crippen molar-refractivity contribution in [2.75, 3.05) is 0 Å². The molecule has 23 heavy (non-hydrogen) atoms. The van der Waals surface area contributed by atoms with Gasteiger partial charge in [-0.15, -0.1) is 0 Å². The Morgan fingerprint density at radius 2 is 2.00 bits per heavy atom. The Morgan fingerprint density at radius 3 is 2.74 bits per heavy atom.